The zero-order valence-corrected chi connectivity index (χ0v) is 7.53. The number of ether oxygens (including phenoxy) is 1. The van der Waals surface area contributed by atoms with Crippen LogP contribution in [0.5, 0.6) is 0 Å². The molecule has 0 saturated carbocycles. The lowest BCUT2D eigenvalue weighted by molar-refractivity contribution is -0.287. The second-order valence-corrected chi connectivity index (χ2v) is 2.86. The second kappa shape index (κ2) is 2.98. The van der Waals surface area contributed by atoms with Gasteiger partial charge in [0.15, 0.2) is 5.76 Å². The van der Waals surface area contributed by atoms with E-state index in [-0.39, 0.29) is 10.0 Å². The van der Waals surface area contributed by atoms with Gasteiger partial charge in [-0.25, -0.2) is 0 Å². The Labute approximate surface area is 72.7 Å². The highest BCUT2D eigenvalue weighted by Gasteiger charge is 2.18. The SMILES string of the molecule is COC1=CC=C2O[Si-][O+]=C2C=C1. The van der Waals surface area contributed by atoms with Crippen molar-refractivity contribution in [1.29, 1.82) is 0 Å². The fraction of sp³-hybridized carbons (Fsp3) is 0.125. The summed E-state index contributed by atoms with van der Waals surface area (Å²) in [6, 6.07) is 0. The summed E-state index contributed by atoms with van der Waals surface area (Å²) in [7, 11) is 1.71. The molecule has 0 saturated heterocycles. The molecule has 1 aliphatic carbocycles. The smallest absolute Gasteiger partial charge is 0.424 e. The van der Waals surface area contributed by atoms with Crippen LogP contribution >= 0.6 is 0 Å². The number of rotatable bonds is 1. The van der Waals surface area contributed by atoms with Gasteiger partial charge in [-0.15, -0.1) is 0 Å². The van der Waals surface area contributed by atoms with E-state index in [2.05, 4.69) is 0 Å². The summed E-state index contributed by atoms with van der Waals surface area (Å²) < 4.78 is 15.5. The van der Waals surface area contributed by atoms with Crippen LogP contribution in [0.1, 0.15) is 0 Å². The largest absolute Gasteiger partial charge is 0.624 e. The third-order valence-electron chi connectivity index (χ3n) is 1.58. The minimum atomic E-state index is 0.0860. The minimum Gasteiger partial charge on any atom is -0.624 e. The van der Waals surface area contributed by atoms with Gasteiger partial charge >= 0.3 is 15.8 Å². The zero-order valence-electron chi connectivity index (χ0n) is 6.53. The van der Waals surface area contributed by atoms with Crippen LogP contribution in [0.3, 0.4) is 0 Å². The van der Waals surface area contributed by atoms with Crippen LogP contribution in [-0.2, 0) is 13.3 Å². The molecule has 3 nitrogen and oxygen atoms in total. The Kier molecular flexibility index (Phi) is 1.83. The number of hydrogen-bond acceptors (Lipinski definition) is 2. The summed E-state index contributed by atoms with van der Waals surface area (Å²) in [5, 5.41) is 0. The molecule has 0 aromatic rings. The molecule has 2 rings (SSSR count). The monoisotopic (exact) mass is 179 g/mol. The third kappa shape index (κ3) is 1.21. The first-order valence-electron chi connectivity index (χ1n) is 3.50. The van der Waals surface area contributed by atoms with Crippen molar-refractivity contribution < 1.29 is 13.3 Å². The van der Waals surface area contributed by atoms with Crippen molar-refractivity contribution >= 4 is 15.8 Å². The molecular weight excluding hydrogens is 172 g/mol. The Hall–Kier alpha value is -1.29. The maximum absolute atomic E-state index is 5.21. The van der Waals surface area contributed by atoms with Gasteiger partial charge in [0.1, 0.15) is 5.76 Å². The van der Waals surface area contributed by atoms with Gasteiger partial charge < -0.3 is 13.3 Å². The lowest BCUT2D eigenvalue weighted by Gasteiger charge is -1.95. The van der Waals surface area contributed by atoms with E-state index in [9.17, 15) is 0 Å². The maximum Gasteiger partial charge on any atom is 0.424 e. The van der Waals surface area contributed by atoms with Crippen LogP contribution in [0.25, 0.3) is 0 Å². The summed E-state index contributed by atoms with van der Waals surface area (Å²) in [5.41, 5.74) is 0. The van der Waals surface area contributed by atoms with Gasteiger partial charge in [-0.3, -0.25) is 0 Å². The van der Waals surface area contributed by atoms with Gasteiger partial charge in [-0.2, -0.15) is 0 Å². The van der Waals surface area contributed by atoms with Crippen LogP contribution in [0.15, 0.2) is 35.8 Å². The number of ketones is 1. The summed E-state index contributed by atoms with van der Waals surface area (Å²) in [6.45, 7) is 0. The van der Waals surface area contributed by atoms with E-state index in [0.717, 1.165) is 17.3 Å². The average molecular weight is 179 g/mol. The lowest BCUT2D eigenvalue weighted by atomic mass is 10.3. The fourth-order valence-corrected chi connectivity index (χ4v) is 1.51. The Balaban J connectivity index is 2.33. The molecule has 0 unspecified atom stereocenters. The molecule has 0 spiro atoms. The molecule has 0 atom stereocenters. The lowest BCUT2D eigenvalue weighted by Crippen LogP contribution is -1.93. The first kappa shape index (κ1) is 7.36. The minimum absolute atomic E-state index is 0.0860. The van der Waals surface area contributed by atoms with Crippen molar-refractivity contribution in [2.45, 2.75) is 0 Å². The topological polar surface area (TPSA) is 29.8 Å². The van der Waals surface area contributed by atoms with Crippen molar-refractivity contribution in [3.63, 3.8) is 0 Å². The molecule has 2 aliphatic rings. The van der Waals surface area contributed by atoms with Crippen LogP contribution in [-0.4, -0.2) is 22.9 Å². The van der Waals surface area contributed by atoms with Gasteiger partial charge in [-0.1, -0.05) is 0 Å². The van der Waals surface area contributed by atoms with Gasteiger partial charge in [0.2, 0.25) is 0 Å². The van der Waals surface area contributed by atoms with Gasteiger partial charge in [-0.05, 0) is 18.2 Å². The summed E-state index contributed by atoms with van der Waals surface area (Å²) in [5.74, 6) is 2.34. The first-order valence-corrected chi connectivity index (χ1v) is 4.32. The number of allylic oxidation sites excluding steroid dienone is 4. The molecule has 0 aromatic heterocycles. The Morgan fingerprint density at radius 2 is 2.33 bits per heavy atom. The van der Waals surface area contributed by atoms with Crippen molar-refractivity contribution in [2.75, 3.05) is 7.11 Å². The van der Waals surface area contributed by atoms with Crippen molar-refractivity contribution in [3.05, 3.63) is 35.8 Å². The molecule has 61 valence electrons. The van der Waals surface area contributed by atoms with Crippen LogP contribution < -0.4 is 0 Å². The Morgan fingerprint density at radius 1 is 1.42 bits per heavy atom. The molecule has 12 heavy (non-hydrogen) atoms. The van der Waals surface area contributed by atoms with Crippen LogP contribution in [0.2, 0.25) is 0 Å². The highest BCUT2D eigenvalue weighted by Crippen LogP contribution is 2.12. The highest BCUT2D eigenvalue weighted by molar-refractivity contribution is 6.25. The number of methoxy groups -OCH3 is 1. The highest BCUT2D eigenvalue weighted by atomic mass is 28.2. The average Bonchev–Trinajstić information content (AvgIpc) is 2.46. The number of hydrogen-bond donors (Lipinski definition) is 0. The predicted molar refractivity (Wildman–Crippen MR) is 44.2 cm³/mol. The number of fused-ring (bicyclic) bond motifs is 1. The molecule has 0 fully saturated rings. The van der Waals surface area contributed by atoms with Crippen molar-refractivity contribution in [1.82, 2.24) is 0 Å². The molecule has 0 aromatic carbocycles. The maximum atomic E-state index is 5.21. The molecule has 0 N–H and O–H groups in total. The van der Waals surface area contributed by atoms with Crippen LogP contribution in [0, 0.1) is 0 Å². The van der Waals surface area contributed by atoms with Crippen molar-refractivity contribution in [2.24, 2.45) is 0 Å². The van der Waals surface area contributed by atoms with E-state index < -0.39 is 0 Å². The zero-order chi connectivity index (χ0) is 8.39. The predicted octanol–water partition coefficient (Wildman–Crippen LogP) is 0.640. The van der Waals surface area contributed by atoms with Gasteiger partial charge in [0.25, 0.3) is 0 Å². The third-order valence-corrected chi connectivity index (χ3v) is 2.19. The molecule has 0 bridgehead atoms. The molecule has 1 radical (unpaired) electrons. The van der Waals surface area contributed by atoms with Crippen LogP contribution in [0.4, 0.5) is 0 Å². The molecule has 0 amide bonds. The van der Waals surface area contributed by atoms with E-state index in [1.165, 1.54) is 0 Å². The molecule has 4 heteroatoms. The van der Waals surface area contributed by atoms with Gasteiger partial charge in [0, 0.05) is 6.08 Å². The second-order valence-electron chi connectivity index (χ2n) is 2.29. The Bertz CT molecular complexity index is 312. The summed E-state index contributed by atoms with van der Waals surface area (Å²) >= 11 is 0. The van der Waals surface area contributed by atoms with E-state index in [4.69, 9.17) is 13.3 Å². The van der Waals surface area contributed by atoms with E-state index in [1.54, 1.807) is 7.11 Å². The van der Waals surface area contributed by atoms with Gasteiger partial charge in [0.05, 0.1) is 7.11 Å². The first-order chi connectivity index (χ1) is 5.90. The van der Waals surface area contributed by atoms with E-state index in [0.29, 0.717) is 0 Å². The fourth-order valence-electron chi connectivity index (χ4n) is 0.951. The quantitative estimate of drug-likeness (QED) is 0.436. The number of carbonyl (C=O) groups excluding carboxylic acids is 1. The standard InChI is InChI=1S/C8H7O3Si/c1-9-6-2-4-7-8(5-3-6)11-12-10-7/h2-5H,1H3. The normalized spacial score (nSPS) is 19.2. The van der Waals surface area contributed by atoms with E-state index >= 15 is 0 Å². The molecule has 1 heterocycles. The molecule has 1 aliphatic heterocycles. The summed E-state index contributed by atoms with van der Waals surface area (Å²) in [4.78, 5) is 0. The van der Waals surface area contributed by atoms with E-state index in [1.807, 2.05) is 24.3 Å². The molecular formula is C8H7O3Si. The Morgan fingerprint density at radius 3 is 3.17 bits per heavy atom. The van der Waals surface area contributed by atoms with Crippen molar-refractivity contribution in [3.8, 4) is 0 Å². The summed E-state index contributed by atoms with van der Waals surface area (Å²) in [6.07, 6.45) is 7.37.